The van der Waals surface area contributed by atoms with Gasteiger partial charge in [0.25, 0.3) is 0 Å². The Bertz CT molecular complexity index is 383. The first-order valence-electron chi connectivity index (χ1n) is 5.94. The average molecular weight is 273 g/mol. The first kappa shape index (κ1) is 14.8. The minimum Gasteiger partial charge on any atom is -0.480 e. The number of hydrogen-bond acceptors (Lipinski definition) is 6. The van der Waals surface area contributed by atoms with Gasteiger partial charge in [0.05, 0.1) is 0 Å². The molecule has 1 heterocycles. The zero-order valence-corrected chi connectivity index (χ0v) is 11.7. The molecule has 1 aromatic heterocycles. The number of ether oxygens (including phenoxy) is 1. The number of unbranched alkanes of at least 4 members (excludes halogenated alkanes) is 1. The molecule has 1 rings (SSSR count). The lowest BCUT2D eigenvalue weighted by Crippen LogP contribution is -2.29. The van der Waals surface area contributed by atoms with Gasteiger partial charge >= 0.3 is 5.97 Å². The molecule has 0 radical (unpaired) electrons. The Hall–Kier alpha value is -1.21. The Labute approximate surface area is 111 Å². The molecule has 7 heteroatoms. The maximum Gasteiger partial charge on any atom is 0.326 e. The van der Waals surface area contributed by atoms with Crippen molar-refractivity contribution < 1.29 is 14.6 Å². The number of aliphatic carboxylic acids is 1. The van der Waals surface area contributed by atoms with E-state index in [4.69, 9.17) is 9.84 Å². The van der Waals surface area contributed by atoms with Gasteiger partial charge in [-0.2, -0.15) is 4.37 Å². The van der Waals surface area contributed by atoms with Gasteiger partial charge in [-0.25, -0.2) is 9.78 Å². The molecule has 102 valence electrons. The van der Waals surface area contributed by atoms with E-state index in [1.54, 1.807) is 7.11 Å². The summed E-state index contributed by atoms with van der Waals surface area (Å²) in [5.74, 6) is -0.287. The van der Waals surface area contributed by atoms with Crippen LogP contribution in [0.2, 0.25) is 0 Å². The molecular formula is C11H19N3O3S. The van der Waals surface area contributed by atoms with Gasteiger partial charge in [0.1, 0.15) is 12.1 Å². The molecule has 2 N–H and O–H groups in total. The molecule has 0 aromatic carbocycles. The Morgan fingerprint density at radius 3 is 2.89 bits per heavy atom. The van der Waals surface area contributed by atoms with Crippen LogP contribution in [0, 0.1) is 0 Å². The summed E-state index contributed by atoms with van der Waals surface area (Å²) in [5, 5.41) is 12.5. The van der Waals surface area contributed by atoms with Crippen molar-refractivity contribution in [1.82, 2.24) is 9.36 Å². The van der Waals surface area contributed by atoms with Gasteiger partial charge < -0.3 is 15.2 Å². The molecule has 6 nitrogen and oxygen atoms in total. The summed E-state index contributed by atoms with van der Waals surface area (Å²) in [4.78, 5) is 15.3. The molecule has 0 amide bonds. The molecule has 0 aliphatic rings. The van der Waals surface area contributed by atoms with Gasteiger partial charge in [0.15, 0.2) is 5.82 Å². The van der Waals surface area contributed by atoms with Crippen molar-refractivity contribution in [3.63, 3.8) is 0 Å². The van der Waals surface area contributed by atoms with E-state index >= 15 is 0 Å². The predicted octanol–water partition coefficient (Wildman–Crippen LogP) is 2.30. The van der Waals surface area contributed by atoms with E-state index in [0.29, 0.717) is 17.4 Å². The van der Waals surface area contributed by atoms with E-state index < -0.39 is 12.0 Å². The fourth-order valence-corrected chi connectivity index (χ4v) is 2.08. The number of anilines is 1. The van der Waals surface area contributed by atoms with Crippen LogP contribution in [-0.2, 0) is 9.53 Å². The Morgan fingerprint density at radius 2 is 2.33 bits per heavy atom. The highest BCUT2D eigenvalue weighted by Crippen LogP contribution is 2.19. The number of carbonyl (C=O) groups is 1. The standard InChI is InChI=1S/C11H19N3O3S/c1-4-5-6-8(10(15)16)12-11-13-9(14-18-11)7(2)17-3/h7-8H,4-6H2,1-3H3,(H,15,16)(H,12,13,14). The molecule has 0 bridgehead atoms. The number of methoxy groups -OCH3 is 1. The smallest absolute Gasteiger partial charge is 0.326 e. The number of nitrogens with one attached hydrogen (secondary N) is 1. The van der Waals surface area contributed by atoms with Gasteiger partial charge in [0, 0.05) is 18.6 Å². The first-order valence-corrected chi connectivity index (χ1v) is 6.71. The fourth-order valence-electron chi connectivity index (χ4n) is 1.38. The second kappa shape index (κ2) is 7.27. The number of rotatable bonds is 8. The first-order chi connectivity index (χ1) is 8.58. The number of carboxylic acid groups (broad SMARTS) is 1. The van der Waals surface area contributed by atoms with Crippen LogP contribution in [0.4, 0.5) is 5.13 Å². The Kier molecular flexibility index (Phi) is 6.00. The van der Waals surface area contributed by atoms with Crippen molar-refractivity contribution in [2.75, 3.05) is 12.4 Å². The topological polar surface area (TPSA) is 84.3 Å². The maximum absolute atomic E-state index is 11.1. The summed E-state index contributed by atoms with van der Waals surface area (Å²) in [6.07, 6.45) is 2.23. The van der Waals surface area contributed by atoms with E-state index in [1.165, 1.54) is 0 Å². The number of carboxylic acids is 1. The van der Waals surface area contributed by atoms with Crippen molar-refractivity contribution in [2.24, 2.45) is 0 Å². The van der Waals surface area contributed by atoms with Gasteiger partial charge in [0.2, 0.25) is 5.13 Å². The summed E-state index contributed by atoms with van der Waals surface area (Å²) in [6.45, 7) is 3.87. The maximum atomic E-state index is 11.1. The molecule has 18 heavy (non-hydrogen) atoms. The summed E-state index contributed by atoms with van der Waals surface area (Å²) in [6, 6.07) is -0.608. The molecule has 0 saturated heterocycles. The van der Waals surface area contributed by atoms with E-state index in [-0.39, 0.29) is 6.10 Å². The highest BCUT2D eigenvalue weighted by atomic mass is 32.1. The van der Waals surface area contributed by atoms with E-state index in [2.05, 4.69) is 14.7 Å². The van der Waals surface area contributed by atoms with Crippen LogP contribution >= 0.6 is 11.5 Å². The van der Waals surface area contributed by atoms with Crippen LogP contribution in [0.25, 0.3) is 0 Å². The van der Waals surface area contributed by atoms with Gasteiger partial charge in [-0.15, -0.1) is 0 Å². The molecule has 1 aromatic rings. The number of hydrogen-bond donors (Lipinski definition) is 2. The summed E-state index contributed by atoms with van der Waals surface area (Å²) in [5.41, 5.74) is 0. The number of aromatic nitrogens is 2. The monoisotopic (exact) mass is 273 g/mol. The lowest BCUT2D eigenvalue weighted by Gasteiger charge is -2.12. The van der Waals surface area contributed by atoms with Gasteiger partial charge in [-0.1, -0.05) is 19.8 Å². The van der Waals surface area contributed by atoms with Crippen molar-refractivity contribution >= 4 is 22.6 Å². The Morgan fingerprint density at radius 1 is 1.61 bits per heavy atom. The molecule has 0 fully saturated rings. The minimum atomic E-state index is -0.861. The van der Waals surface area contributed by atoms with E-state index in [0.717, 1.165) is 24.4 Å². The van der Waals surface area contributed by atoms with Crippen molar-refractivity contribution in [2.45, 2.75) is 45.3 Å². The highest BCUT2D eigenvalue weighted by Gasteiger charge is 2.19. The summed E-state index contributed by atoms with van der Waals surface area (Å²) in [7, 11) is 1.58. The SMILES string of the molecule is CCCCC(Nc1nc(C(C)OC)ns1)C(=O)O. The molecule has 0 spiro atoms. The molecule has 2 atom stereocenters. The van der Waals surface area contributed by atoms with Gasteiger partial charge in [-0.3, -0.25) is 0 Å². The zero-order chi connectivity index (χ0) is 13.5. The van der Waals surface area contributed by atoms with Crippen LogP contribution in [-0.4, -0.2) is 33.6 Å². The van der Waals surface area contributed by atoms with Crippen molar-refractivity contribution in [3.05, 3.63) is 5.82 Å². The largest absolute Gasteiger partial charge is 0.480 e. The third-order valence-electron chi connectivity index (χ3n) is 2.60. The van der Waals surface area contributed by atoms with Crippen molar-refractivity contribution in [1.29, 1.82) is 0 Å². The average Bonchev–Trinajstić information content (AvgIpc) is 2.81. The van der Waals surface area contributed by atoms with Crippen LogP contribution in [0.3, 0.4) is 0 Å². The summed E-state index contributed by atoms with van der Waals surface area (Å²) < 4.78 is 9.23. The van der Waals surface area contributed by atoms with Crippen LogP contribution in [0.5, 0.6) is 0 Å². The minimum absolute atomic E-state index is 0.185. The van der Waals surface area contributed by atoms with Crippen LogP contribution < -0.4 is 5.32 Å². The summed E-state index contributed by atoms with van der Waals surface area (Å²) >= 11 is 1.16. The molecule has 2 unspecified atom stereocenters. The second-order valence-electron chi connectivity index (χ2n) is 4.01. The molecule has 0 aliphatic carbocycles. The lowest BCUT2D eigenvalue weighted by molar-refractivity contribution is -0.138. The number of nitrogens with zero attached hydrogens (tertiary/aromatic N) is 2. The second-order valence-corrected chi connectivity index (χ2v) is 4.76. The van der Waals surface area contributed by atoms with Crippen LogP contribution in [0.15, 0.2) is 0 Å². The highest BCUT2D eigenvalue weighted by molar-refractivity contribution is 7.09. The van der Waals surface area contributed by atoms with Crippen LogP contribution in [0.1, 0.15) is 45.0 Å². The zero-order valence-electron chi connectivity index (χ0n) is 10.8. The van der Waals surface area contributed by atoms with E-state index in [9.17, 15) is 4.79 Å². The van der Waals surface area contributed by atoms with Crippen molar-refractivity contribution in [3.8, 4) is 0 Å². The fraction of sp³-hybridized carbons (Fsp3) is 0.727. The normalized spacial score (nSPS) is 14.2. The predicted molar refractivity (Wildman–Crippen MR) is 69.9 cm³/mol. The van der Waals surface area contributed by atoms with E-state index in [1.807, 2.05) is 13.8 Å². The molecule has 0 saturated carbocycles. The third-order valence-corrected chi connectivity index (χ3v) is 3.26. The lowest BCUT2D eigenvalue weighted by atomic mass is 10.1. The third kappa shape index (κ3) is 4.23. The molecule has 0 aliphatic heterocycles. The molecular weight excluding hydrogens is 254 g/mol. The Balaban J connectivity index is 2.63. The quantitative estimate of drug-likeness (QED) is 0.756. The van der Waals surface area contributed by atoms with Gasteiger partial charge in [-0.05, 0) is 13.3 Å².